The highest BCUT2D eigenvalue weighted by Gasteiger charge is 2.18. The minimum absolute atomic E-state index is 1.27. The van der Waals surface area contributed by atoms with Crippen molar-refractivity contribution in [2.75, 3.05) is 0 Å². The van der Waals surface area contributed by atoms with Crippen LogP contribution < -0.4 is 0 Å². The molecular formula is C45H32. The van der Waals surface area contributed by atoms with Gasteiger partial charge in [0.1, 0.15) is 0 Å². The third-order valence-corrected chi connectivity index (χ3v) is 9.68. The fraction of sp³-hybridized carbons (Fsp3) is 0.0667. The molecule has 0 unspecified atom stereocenters. The number of hydrogen-bond acceptors (Lipinski definition) is 0. The van der Waals surface area contributed by atoms with Crippen LogP contribution in [0.5, 0.6) is 0 Å². The third-order valence-electron chi connectivity index (χ3n) is 9.68. The molecule has 0 saturated carbocycles. The summed E-state index contributed by atoms with van der Waals surface area (Å²) in [5.74, 6) is 0. The smallest absolute Gasteiger partial charge is 0.00260 e. The van der Waals surface area contributed by atoms with Crippen LogP contribution in [0.3, 0.4) is 0 Å². The van der Waals surface area contributed by atoms with E-state index >= 15 is 0 Å². The average Bonchev–Trinajstić information content (AvgIpc) is 3.06. The molecule has 0 heteroatoms. The zero-order valence-electron chi connectivity index (χ0n) is 25.8. The van der Waals surface area contributed by atoms with Gasteiger partial charge in [-0.2, -0.15) is 0 Å². The van der Waals surface area contributed by atoms with Gasteiger partial charge in [0.05, 0.1) is 0 Å². The lowest BCUT2D eigenvalue weighted by Crippen LogP contribution is -1.92. The van der Waals surface area contributed by atoms with Gasteiger partial charge in [0, 0.05) is 0 Å². The molecule has 0 fully saturated rings. The van der Waals surface area contributed by atoms with Crippen LogP contribution in [0.15, 0.2) is 140 Å². The first kappa shape index (κ1) is 26.0. The Morgan fingerprint density at radius 2 is 0.778 bits per heavy atom. The molecule has 0 bridgehead atoms. The van der Waals surface area contributed by atoms with E-state index in [0.717, 1.165) is 0 Å². The van der Waals surface area contributed by atoms with Gasteiger partial charge in [-0.1, -0.05) is 133 Å². The fourth-order valence-electron chi connectivity index (χ4n) is 7.80. The van der Waals surface area contributed by atoms with Gasteiger partial charge in [0.25, 0.3) is 0 Å². The number of rotatable bonds is 2. The molecule has 0 saturated heterocycles. The molecule has 0 amide bonds. The summed E-state index contributed by atoms with van der Waals surface area (Å²) in [6.45, 7) is 6.64. The van der Waals surface area contributed by atoms with Crippen molar-refractivity contribution in [3.63, 3.8) is 0 Å². The van der Waals surface area contributed by atoms with E-state index in [2.05, 4.69) is 160 Å². The molecule has 9 rings (SSSR count). The van der Waals surface area contributed by atoms with Crippen LogP contribution in [0.1, 0.15) is 16.7 Å². The summed E-state index contributed by atoms with van der Waals surface area (Å²) in [7, 11) is 0. The number of aryl methyl sites for hydroxylation is 3. The van der Waals surface area contributed by atoms with E-state index < -0.39 is 0 Å². The first-order valence-corrected chi connectivity index (χ1v) is 15.8. The maximum absolute atomic E-state index is 2.46. The van der Waals surface area contributed by atoms with Crippen LogP contribution in [-0.2, 0) is 0 Å². The quantitative estimate of drug-likeness (QED) is 0.181. The molecule has 0 aromatic heterocycles. The zero-order chi connectivity index (χ0) is 30.2. The summed E-state index contributed by atoms with van der Waals surface area (Å²) >= 11 is 0. The number of fused-ring (bicyclic) bond motifs is 9. The maximum Gasteiger partial charge on any atom is -0.00260 e. The fourth-order valence-corrected chi connectivity index (χ4v) is 7.80. The molecule has 0 aliphatic carbocycles. The highest BCUT2D eigenvalue weighted by molar-refractivity contribution is 6.25. The van der Waals surface area contributed by atoms with Gasteiger partial charge in [0.2, 0.25) is 0 Å². The van der Waals surface area contributed by atoms with Gasteiger partial charge in [-0.25, -0.2) is 0 Å². The SMILES string of the molecule is Cc1ccc2c(c1)cc(-c1cc(C)cc3cc(-c4cc(C)cc5ccc6ccccc6c45)c4ccccc4c13)c1ccccc12. The van der Waals surface area contributed by atoms with Crippen LogP contribution >= 0.6 is 0 Å². The standard InChI is InChI=1S/C45H32/c1-27-16-19-34-32(20-27)25-40(37-13-7-6-12-36(34)37)43-24-29(3)22-33-26-41(38-14-8-9-15-39(38)45(33)43)42-23-28(2)21-31-18-17-30-10-4-5-11-35(30)44(31)42/h4-26H,1-3H3. The van der Waals surface area contributed by atoms with Crippen molar-refractivity contribution in [2.24, 2.45) is 0 Å². The Morgan fingerprint density at radius 1 is 0.267 bits per heavy atom. The van der Waals surface area contributed by atoms with E-state index in [9.17, 15) is 0 Å². The average molecular weight is 573 g/mol. The molecule has 45 heavy (non-hydrogen) atoms. The summed E-state index contributed by atoms with van der Waals surface area (Å²) in [5, 5.41) is 15.6. The lowest BCUT2D eigenvalue weighted by molar-refractivity contribution is 1.50. The second kappa shape index (κ2) is 9.78. The summed E-state index contributed by atoms with van der Waals surface area (Å²) < 4.78 is 0. The Hall–Kier alpha value is -5.46. The van der Waals surface area contributed by atoms with Crippen LogP contribution in [0.4, 0.5) is 0 Å². The lowest BCUT2D eigenvalue weighted by Gasteiger charge is -2.19. The molecule has 0 radical (unpaired) electrons. The molecule has 212 valence electrons. The van der Waals surface area contributed by atoms with Crippen LogP contribution in [0.2, 0.25) is 0 Å². The molecular weight excluding hydrogens is 540 g/mol. The molecule has 0 nitrogen and oxygen atoms in total. The van der Waals surface area contributed by atoms with Crippen molar-refractivity contribution in [1.82, 2.24) is 0 Å². The first-order valence-electron chi connectivity index (χ1n) is 15.8. The van der Waals surface area contributed by atoms with Crippen LogP contribution in [0.25, 0.3) is 86.9 Å². The minimum atomic E-state index is 1.27. The molecule has 9 aromatic rings. The summed E-state index contributed by atoms with van der Waals surface area (Å²) in [6.07, 6.45) is 0. The van der Waals surface area contributed by atoms with E-state index in [4.69, 9.17) is 0 Å². The van der Waals surface area contributed by atoms with Gasteiger partial charge < -0.3 is 0 Å². The summed E-state index contributed by atoms with van der Waals surface area (Å²) in [5.41, 5.74) is 9.01. The zero-order valence-corrected chi connectivity index (χ0v) is 25.8. The van der Waals surface area contributed by atoms with E-state index in [0.29, 0.717) is 0 Å². The van der Waals surface area contributed by atoms with Crippen molar-refractivity contribution in [2.45, 2.75) is 20.8 Å². The highest BCUT2D eigenvalue weighted by atomic mass is 14.2. The van der Waals surface area contributed by atoms with E-state index in [-0.39, 0.29) is 0 Å². The topological polar surface area (TPSA) is 0 Å². The largest absolute Gasteiger partial charge is 0.0616 e. The lowest BCUT2D eigenvalue weighted by atomic mass is 9.84. The molecule has 0 atom stereocenters. The van der Waals surface area contributed by atoms with Gasteiger partial charge in [0.15, 0.2) is 0 Å². The van der Waals surface area contributed by atoms with Crippen molar-refractivity contribution in [3.8, 4) is 22.3 Å². The van der Waals surface area contributed by atoms with Crippen LogP contribution in [-0.4, -0.2) is 0 Å². The second-order valence-corrected chi connectivity index (χ2v) is 12.8. The van der Waals surface area contributed by atoms with Crippen LogP contribution in [0, 0.1) is 20.8 Å². The van der Waals surface area contributed by atoms with Gasteiger partial charge in [-0.15, -0.1) is 0 Å². The van der Waals surface area contributed by atoms with Gasteiger partial charge in [-0.3, -0.25) is 0 Å². The predicted molar refractivity (Wildman–Crippen MR) is 197 cm³/mol. The number of benzene rings is 9. The first-order chi connectivity index (χ1) is 22.0. The Morgan fingerprint density at radius 3 is 1.51 bits per heavy atom. The van der Waals surface area contributed by atoms with E-state index in [1.165, 1.54) is 104 Å². The second-order valence-electron chi connectivity index (χ2n) is 12.8. The van der Waals surface area contributed by atoms with Crippen molar-refractivity contribution < 1.29 is 0 Å². The Balaban J connectivity index is 1.44. The molecule has 0 aliphatic heterocycles. The molecule has 0 N–H and O–H groups in total. The monoisotopic (exact) mass is 572 g/mol. The normalized spacial score (nSPS) is 11.9. The highest BCUT2D eigenvalue weighted by Crippen LogP contribution is 2.45. The van der Waals surface area contributed by atoms with E-state index in [1.54, 1.807) is 0 Å². The molecule has 0 aliphatic rings. The number of hydrogen-bond donors (Lipinski definition) is 0. The third kappa shape index (κ3) is 3.99. The summed E-state index contributed by atoms with van der Waals surface area (Å²) in [6, 6.07) is 52.4. The Kier molecular flexibility index (Phi) is 5.64. The van der Waals surface area contributed by atoms with Gasteiger partial charge >= 0.3 is 0 Å². The molecule has 0 spiro atoms. The molecule has 9 aromatic carbocycles. The van der Waals surface area contributed by atoms with Gasteiger partial charge in [-0.05, 0) is 131 Å². The Labute approximate surface area is 263 Å². The van der Waals surface area contributed by atoms with Crippen molar-refractivity contribution in [3.05, 3.63) is 156 Å². The predicted octanol–water partition coefficient (Wildman–Crippen LogP) is 12.9. The maximum atomic E-state index is 2.46. The Bertz CT molecular complexity index is 2670. The van der Waals surface area contributed by atoms with Crippen molar-refractivity contribution in [1.29, 1.82) is 0 Å². The minimum Gasteiger partial charge on any atom is -0.0616 e. The summed E-state index contributed by atoms with van der Waals surface area (Å²) in [4.78, 5) is 0. The molecule has 0 heterocycles. The van der Waals surface area contributed by atoms with E-state index in [1.807, 2.05) is 0 Å². The van der Waals surface area contributed by atoms with Crippen molar-refractivity contribution >= 4 is 64.6 Å².